The van der Waals surface area contributed by atoms with E-state index in [0.29, 0.717) is 12.1 Å². The van der Waals surface area contributed by atoms with E-state index in [1.54, 1.807) is 0 Å². The molecule has 0 unspecified atom stereocenters. The number of carbonyl (C=O) groups excluding carboxylic acids is 1. The highest BCUT2D eigenvalue weighted by Crippen LogP contribution is 2.23. The Labute approximate surface area is 126 Å². The molecule has 0 saturated carbocycles. The van der Waals surface area contributed by atoms with Gasteiger partial charge in [-0.2, -0.15) is 0 Å². The van der Waals surface area contributed by atoms with Crippen molar-refractivity contribution < 1.29 is 9.90 Å². The third-order valence-electron chi connectivity index (χ3n) is 4.11. The summed E-state index contributed by atoms with van der Waals surface area (Å²) in [4.78, 5) is 14.7. The molecule has 0 saturated heterocycles. The van der Waals surface area contributed by atoms with Gasteiger partial charge in [-0.3, -0.25) is 4.79 Å². The molecule has 1 amide bonds. The largest absolute Gasteiger partial charge is 0.395 e. The Hall–Kier alpha value is -1.81. The highest BCUT2D eigenvalue weighted by molar-refractivity contribution is 6.07. The summed E-state index contributed by atoms with van der Waals surface area (Å²) in [5.41, 5.74) is 1.77. The zero-order valence-corrected chi connectivity index (χ0v) is 13.0. The normalized spacial score (nSPS) is 11.3. The van der Waals surface area contributed by atoms with Crippen LogP contribution in [0.5, 0.6) is 0 Å². The number of aromatic nitrogens is 1. The maximum absolute atomic E-state index is 12.9. The molecule has 0 bridgehead atoms. The fourth-order valence-corrected chi connectivity index (χ4v) is 2.95. The quantitative estimate of drug-likeness (QED) is 0.888. The van der Waals surface area contributed by atoms with Crippen LogP contribution in [-0.4, -0.2) is 39.7 Å². The van der Waals surface area contributed by atoms with E-state index in [1.807, 2.05) is 47.0 Å². The van der Waals surface area contributed by atoms with Gasteiger partial charge in [0, 0.05) is 36.7 Å². The van der Waals surface area contributed by atoms with Crippen LogP contribution in [0, 0.1) is 0 Å². The minimum absolute atomic E-state index is 0.00694. The molecule has 1 N–H and O–H groups in total. The summed E-state index contributed by atoms with van der Waals surface area (Å²) >= 11 is 0. The molecule has 1 aromatic heterocycles. The van der Waals surface area contributed by atoms with Gasteiger partial charge in [0.1, 0.15) is 0 Å². The van der Waals surface area contributed by atoms with Crippen molar-refractivity contribution >= 4 is 16.8 Å². The Morgan fingerprint density at radius 2 is 1.95 bits per heavy atom. The van der Waals surface area contributed by atoms with Gasteiger partial charge in [-0.15, -0.1) is 0 Å². The highest BCUT2D eigenvalue weighted by Gasteiger charge is 2.24. The lowest BCUT2D eigenvalue weighted by atomic mass is 10.1. The van der Waals surface area contributed by atoms with E-state index in [9.17, 15) is 9.90 Å². The maximum atomic E-state index is 12.9. The van der Waals surface area contributed by atoms with Crippen molar-refractivity contribution in [3.05, 3.63) is 36.0 Å². The molecule has 0 fully saturated rings. The van der Waals surface area contributed by atoms with Crippen LogP contribution < -0.4 is 0 Å². The van der Waals surface area contributed by atoms with E-state index in [2.05, 4.69) is 13.8 Å². The number of hydrogen-bond donors (Lipinski definition) is 1. The van der Waals surface area contributed by atoms with Gasteiger partial charge in [0.2, 0.25) is 0 Å². The van der Waals surface area contributed by atoms with Crippen molar-refractivity contribution in [3.63, 3.8) is 0 Å². The lowest BCUT2D eigenvalue weighted by Crippen LogP contribution is -2.41. The first-order valence-electron chi connectivity index (χ1n) is 7.59. The first-order valence-corrected chi connectivity index (χ1v) is 7.59. The van der Waals surface area contributed by atoms with E-state index in [0.717, 1.165) is 23.7 Å². The molecule has 0 atom stereocenters. The van der Waals surface area contributed by atoms with Crippen LogP contribution in [-0.2, 0) is 7.05 Å². The molecule has 0 spiro atoms. The molecular formula is C17H24N2O2. The zero-order chi connectivity index (χ0) is 15.4. The predicted molar refractivity (Wildman–Crippen MR) is 85.4 cm³/mol. The van der Waals surface area contributed by atoms with E-state index in [1.165, 1.54) is 0 Å². The molecule has 0 aliphatic carbocycles. The topological polar surface area (TPSA) is 45.5 Å². The Balaban J connectivity index is 2.43. The number of nitrogens with zero attached hydrogens (tertiary/aromatic N) is 2. The average Bonchev–Trinajstić information content (AvgIpc) is 2.84. The first-order chi connectivity index (χ1) is 10.1. The molecular weight excluding hydrogens is 264 g/mol. The molecule has 114 valence electrons. The Kier molecular flexibility index (Phi) is 5.02. The van der Waals surface area contributed by atoms with E-state index >= 15 is 0 Å². The summed E-state index contributed by atoms with van der Waals surface area (Å²) in [6.07, 6.45) is 3.68. The lowest BCUT2D eigenvalue weighted by Gasteiger charge is -2.30. The minimum atomic E-state index is -0.00694. The van der Waals surface area contributed by atoms with Crippen molar-refractivity contribution in [2.45, 2.75) is 32.7 Å². The standard InChI is InChI=1S/C17H24N2O2/c1-4-13(5-2)19(10-11-20)17(21)15-12-18(3)16-9-7-6-8-14(15)16/h6-9,12-13,20H,4-5,10-11H2,1-3H3. The number of aliphatic hydroxyl groups excluding tert-OH is 1. The number of amides is 1. The Bertz CT molecular complexity index is 614. The van der Waals surface area contributed by atoms with Crippen molar-refractivity contribution in [2.24, 2.45) is 7.05 Å². The van der Waals surface area contributed by atoms with Gasteiger partial charge in [0.05, 0.1) is 12.2 Å². The van der Waals surface area contributed by atoms with Gasteiger partial charge in [-0.05, 0) is 18.9 Å². The van der Waals surface area contributed by atoms with Crippen LogP contribution in [0.1, 0.15) is 37.0 Å². The zero-order valence-electron chi connectivity index (χ0n) is 13.0. The van der Waals surface area contributed by atoms with Crippen molar-refractivity contribution in [1.82, 2.24) is 9.47 Å². The van der Waals surface area contributed by atoms with Gasteiger partial charge >= 0.3 is 0 Å². The average molecular weight is 288 g/mol. The second-order valence-electron chi connectivity index (χ2n) is 5.36. The van der Waals surface area contributed by atoms with Crippen LogP contribution in [0.3, 0.4) is 0 Å². The summed E-state index contributed by atoms with van der Waals surface area (Å²) < 4.78 is 1.98. The number of para-hydroxylation sites is 1. The van der Waals surface area contributed by atoms with Crippen LogP contribution in [0.25, 0.3) is 10.9 Å². The fourth-order valence-electron chi connectivity index (χ4n) is 2.95. The second-order valence-corrected chi connectivity index (χ2v) is 5.36. The minimum Gasteiger partial charge on any atom is -0.395 e. The Morgan fingerprint density at radius 1 is 1.29 bits per heavy atom. The molecule has 0 aliphatic heterocycles. The molecule has 0 aliphatic rings. The van der Waals surface area contributed by atoms with E-state index < -0.39 is 0 Å². The molecule has 0 radical (unpaired) electrons. The third-order valence-corrected chi connectivity index (χ3v) is 4.11. The SMILES string of the molecule is CCC(CC)N(CCO)C(=O)c1cn(C)c2ccccc12. The number of fused-ring (bicyclic) bond motifs is 1. The van der Waals surface area contributed by atoms with E-state index in [-0.39, 0.29) is 18.6 Å². The lowest BCUT2D eigenvalue weighted by molar-refractivity contribution is 0.0624. The van der Waals surface area contributed by atoms with Crippen LogP contribution in [0.4, 0.5) is 0 Å². The number of benzene rings is 1. The smallest absolute Gasteiger partial charge is 0.256 e. The van der Waals surface area contributed by atoms with Crippen molar-refractivity contribution in [2.75, 3.05) is 13.2 Å². The van der Waals surface area contributed by atoms with Gasteiger partial charge < -0.3 is 14.6 Å². The summed E-state index contributed by atoms with van der Waals surface area (Å²) in [5, 5.41) is 10.3. The number of rotatable bonds is 6. The molecule has 21 heavy (non-hydrogen) atoms. The number of hydrogen-bond acceptors (Lipinski definition) is 2. The molecule has 4 heteroatoms. The summed E-state index contributed by atoms with van der Waals surface area (Å²) in [5.74, 6) is 0.00884. The summed E-state index contributed by atoms with van der Waals surface area (Å²) in [6.45, 7) is 4.53. The van der Waals surface area contributed by atoms with Crippen LogP contribution in [0.15, 0.2) is 30.5 Å². The number of aliphatic hydroxyl groups is 1. The fraction of sp³-hybridized carbons (Fsp3) is 0.471. The molecule has 1 aromatic carbocycles. The molecule has 4 nitrogen and oxygen atoms in total. The predicted octanol–water partition coefficient (Wildman–Crippen LogP) is 2.80. The van der Waals surface area contributed by atoms with Gasteiger partial charge in [0.25, 0.3) is 5.91 Å². The molecule has 1 heterocycles. The van der Waals surface area contributed by atoms with Crippen LogP contribution >= 0.6 is 0 Å². The van der Waals surface area contributed by atoms with Crippen molar-refractivity contribution in [3.8, 4) is 0 Å². The highest BCUT2D eigenvalue weighted by atomic mass is 16.3. The van der Waals surface area contributed by atoms with Gasteiger partial charge in [0.15, 0.2) is 0 Å². The van der Waals surface area contributed by atoms with Crippen LogP contribution in [0.2, 0.25) is 0 Å². The number of carbonyl (C=O) groups is 1. The first kappa shape index (κ1) is 15.6. The maximum Gasteiger partial charge on any atom is 0.256 e. The third kappa shape index (κ3) is 2.95. The van der Waals surface area contributed by atoms with E-state index in [4.69, 9.17) is 0 Å². The summed E-state index contributed by atoms with van der Waals surface area (Å²) in [7, 11) is 1.95. The Morgan fingerprint density at radius 3 is 2.57 bits per heavy atom. The van der Waals surface area contributed by atoms with Gasteiger partial charge in [-0.25, -0.2) is 0 Å². The van der Waals surface area contributed by atoms with Gasteiger partial charge in [-0.1, -0.05) is 32.0 Å². The molecule has 2 rings (SSSR count). The monoisotopic (exact) mass is 288 g/mol. The molecule has 2 aromatic rings. The summed E-state index contributed by atoms with van der Waals surface area (Å²) in [6, 6.07) is 8.09. The second kappa shape index (κ2) is 6.76. The van der Waals surface area contributed by atoms with Crippen molar-refractivity contribution in [1.29, 1.82) is 0 Å². The number of aryl methyl sites for hydroxylation is 1.